The van der Waals surface area contributed by atoms with E-state index in [4.69, 9.17) is 4.52 Å². The maximum atomic E-state index is 14.7. The molecule has 0 amide bonds. The normalized spacial score (nSPS) is 22.5. The zero-order valence-electron chi connectivity index (χ0n) is 19.8. The summed E-state index contributed by atoms with van der Waals surface area (Å²) in [5, 5.41) is 9.45. The summed E-state index contributed by atoms with van der Waals surface area (Å²) < 4.78 is 46.7. The molecule has 0 spiro atoms. The van der Waals surface area contributed by atoms with Crippen molar-refractivity contribution in [1.29, 1.82) is 0 Å². The average molecular weight is 491 g/mol. The van der Waals surface area contributed by atoms with Gasteiger partial charge in [-0.25, -0.2) is 17.1 Å². The maximum Gasteiger partial charge on any atom is 0.291 e. The van der Waals surface area contributed by atoms with E-state index in [2.05, 4.69) is 20.1 Å². The minimum Gasteiger partial charge on any atom is -0.337 e. The van der Waals surface area contributed by atoms with Crippen LogP contribution in [0, 0.1) is 17.7 Å². The summed E-state index contributed by atoms with van der Waals surface area (Å²) in [4.78, 5) is 6.94. The van der Waals surface area contributed by atoms with Crippen molar-refractivity contribution in [2.24, 2.45) is 11.8 Å². The van der Waals surface area contributed by atoms with Crippen LogP contribution in [0.15, 0.2) is 22.7 Å². The van der Waals surface area contributed by atoms with Crippen molar-refractivity contribution in [3.63, 3.8) is 0 Å². The second-order valence-corrected chi connectivity index (χ2v) is 12.0. The number of aromatic nitrogens is 4. The number of rotatable bonds is 7. The van der Waals surface area contributed by atoms with Gasteiger partial charge in [-0.05, 0) is 48.4 Å². The van der Waals surface area contributed by atoms with Gasteiger partial charge in [-0.3, -0.25) is 0 Å². The van der Waals surface area contributed by atoms with Crippen molar-refractivity contribution in [2.75, 3.05) is 39.0 Å². The summed E-state index contributed by atoms with van der Waals surface area (Å²) in [6, 6.07) is 4.97. The molecule has 5 rings (SSSR count). The molecule has 2 aromatic heterocycles. The Kier molecular flexibility index (Phi) is 6.19. The molecule has 4 heterocycles. The van der Waals surface area contributed by atoms with Crippen molar-refractivity contribution in [3.8, 4) is 5.95 Å². The van der Waals surface area contributed by atoms with E-state index in [0.29, 0.717) is 42.8 Å². The number of benzene rings is 1. The molecule has 34 heavy (non-hydrogen) atoms. The Hall–Kier alpha value is -2.37. The van der Waals surface area contributed by atoms with Crippen LogP contribution < -0.4 is 0 Å². The maximum absolute atomic E-state index is 14.7. The SMILES string of the molecule is CC(C)c1nn(-c2noc(C[C@@H]3CCN(C[C@H]4CCN(S(C)(=O)=O)C4)C3)n2)c2c(F)cccc12. The largest absolute Gasteiger partial charge is 0.337 e. The summed E-state index contributed by atoms with van der Waals surface area (Å²) in [5.74, 6) is 1.30. The van der Waals surface area contributed by atoms with E-state index in [1.165, 1.54) is 17.0 Å². The number of halogens is 1. The Morgan fingerprint density at radius 2 is 1.97 bits per heavy atom. The quantitative estimate of drug-likeness (QED) is 0.502. The first-order valence-corrected chi connectivity index (χ1v) is 13.7. The molecular weight excluding hydrogens is 459 g/mol. The highest BCUT2D eigenvalue weighted by molar-refractivity contribution is 7.88. The molecular formula is C23H31FN6O3S. The third kappa shape index (κ3) is 4.60. The molecule has 2 atom stereocenters. The van der Waals surface area contributed by atoms with Crippen LogP contribution in [0.2, 0.25) is 0 Å². The summed E-state index contributed by atoms with van der Waals surface area (Å²) in [6.07, 6.45) is 3.87. The van der Waals surface area contributed by atoms with E-state index in [9.17, 15) is 12.8 Å². The van der Waals surface area contributed by atoms with Crippen LogP contribution in [-0.4, -0.2) is 76.5 Å². The van der Waals surface area contributed by atoms with E-state index < -0.39 is 10.0 Å². The second kappa shape index (κ2) is 9.01. The Balaban J connectivity index is 1.24. The molecule has 2 aliphatic rings. The average Bonchev–Trinajstić information content (AvgIpc) is 3.54. The topological polar surface area (TPSA) is 97.4 Å². The Labute approximate surface area is 199 Å². The Morgan fingerprint density at radius 3 is 2.71 bits per heavy atom. The van der Waals surface area contributed by atoms with Crippen LogP contribution in [0.3, 0.4) is 0 Å². The molecule has 0 aliphatic carbocycles. The highest BCUT2D eigenvalue weighted by atomic mass is 32.2. The zero-order valence-corrected chi connectivity index (χ0v) is 20.6. The third-order valence-corrected chi connectivity index (χ3v) is 8.21. The lowest BCUT2D eigenvalue weighted by Crippen LogP contribution is -2.31. The molecule has 2 saturated heterocycles. The van der Waals surface area contributed by atoms with Gasteiger partial charge in [-0.1, -0.05) is 26.0 Å². The zero-order chi connectivity index (χ0) is 24.0. The summed E-state index contributed by atoms with van der Waals surface area (Å²) >= 11 is 0. The van der Waals surface area contributed by atoms with Gasteiger partial charge in [-0.2, -0.15) is 14.8 Å². The molecule has 2 aliphatic heterocycles. The molecule has 9 nitrogen and oxygen atoms in total. The van der Waals surface area contributed by atoms with Crippen molar-refractivity contribution < 1.29 is 17.3 Å². The predicted molar refractivity (Wildman–Crippen MR) is 126 cm³/mol. The molecule has 0 bridgehead atoms. The summed E-state index contributed by atoms with van der Waals surface area (Å²) in [7, 11) is -3.10. The van der Waals surface area contributed by atoms with Gasteiger partial charge >= 0.3 is 0 Å². The van der Waals surface area contributed by atoms with E-state index >= 15 is 0 Å². The van der Waals surface area contributed by atoms with Gasteiger partial charge in [0.25, 0.3) is 5.95 Å². The van der Waals surface area contributed by atoms with E-state index in [-0.39, 0.29) is 17.7 Å². The van der Waals surface area contributed by atoms with Crippen LogP contribution in [0.25, 0.3) is 16.9 Å². The van der Waals surface area contributed by atoms with Crippen molar-refractivity contribution >= 4 is 20.9 Å². The monoisotopic (exact) mass is 490 g/mol. The van der Waals surface area contributed by atoms with Crippen LogP contribution in [-0.2, 0) is 16.4 Å². The second-order valence-electron chi connectivity index (χ2n) is 9.97. The van der Waals surface area contributed by atoms with Gasteiger partial charge in [0.05, 0.1) is 11.9 Å². The fourth-order valence-electron chi connectivity index (χ4n) is 5.24. The summed E-state index contributed by atoms with van der Waals surface area (Å²) in [6.45, 7) is 8.09. The number of para-hydroxylation sites is 1. The van der Waals surface area contributed by atoms with Crippen LogP contribution in [0.1, 0.15) is 44.2 Å². The van der Waals surface area contributed by atoms with Crippen LogP contribution >= 0.6 is 0 Å². The van der Waals surface area contributed by atoms with Gasteiger partial charge in [0.1, 0.15) is 11.3 Å². The van der Waals surface area contributed by atoms with Crippen LogP contribution in [0.5, 0.6) is 0 Å². The lowest BCUT2D eigenvalue weighted by atomic mass is 10.1. The molecule has 0 saturated carbocycles. The first kappa shape index (κ1) is 23.4. The van der Waals surface area contributed by atoms with Crippen molar-refractivity contribution in [2.45, 2.75) is 39.0 Å². The van der Waals surface area contributed by atoms with Gasteiger partial charge in [0, 0.05) is 38.0 Å². The molecule has 0 radical (unpaired) electrons. The minimum atomic E-state index is -3.10. The molecule has 3 aromatic rings. The van der Waals surface area contributed by atoms with Crippen molar-refractivity contribution in [3.05, 3.63) is 35.6 Å². The predicted octanol–water partition coefficient (Wildman–Crippen LogP) is 2.82. The van der Waals surface area contributed by atoms with Gasteiger partial charge in [-0.15, -0.1) is 0 Å². The smallest absolute Gasteiger partial charge is 0.291 e. The number of sulfonamides is 1. The highest BCUT2D eigenvalue weighted by Gasteiger charge is 2.32. The van der Waals surface area contributed by atoms with Gasteiger partial charge in [0.15, 0.2) is 0 Å². The fourth-order valence-corrected chi connectivity index (χ4v) is 6.16. The first-order valence-electron chi connectivity index (χ1n) is 11.9. The number of fused-ring (bicyclic) bond motifs is 1. The number of likely N-dealkylation sites (tertiary alicyclic amines) is 1. The van der Waals surface area contributed by atoms with E-state index in [1.54, 1.807) is 10.4 Å². The molecule has 2 fully saturated rings. The Morgan fingerprint density at radius 1 is 1.18 bits per heavy atom. The minimum absolute atomic E-state index is 0.130. The first-order chi connectivity index (χ1) is 16.2. The lowest BCUT2D eigenvalue weighted by molar-refractivity contribution is 0.268. The molecule has 1 aromatic carbocycles. The Bertz CT molecular complexity index is 1290. The van der Waals surface area contributed by atoms with E-state index in [0.717, 1.165) is 43.6 Å². The fraction of sp³-hybridized carbons (Fsp3) is 0.609. The molecule has 0 N–H and O–H groups in total. The van der Waals surface area contributed by atoms with Crippen LogP contribution in [0.4, 0.5) is 4.39 Å². The summed E-state index contributed by atoms with van der Waals surface area (Å²) in [5.41, 5.74) is 1.17. The molecule has 11 heteroatoms. The van der Waals surface area contributed by atoms with Crippen molar-refractivity contribution in [1.82, 2.24) is 29.1 Å². The number of nitrogens with zero attached hydrogens (tertiary/aromatic N) is 6. The molecule has 184 valence electrons. The highest BCUT2D eigenvalue weighted by Crippen LogP contribution is 2.29. The standard InChI is InChI=1S/C23H31FN6O3S/c1-15(2)21-18-5-4-6-19(24)22(18)30(26-21)23-25-20(33-27-23)11-16-7-9-28(12-16)13-17-8-10-29(14-17)34(3,31)32/h4-6,15-17H,7-14H2,1-3H3/t16-,17+/m0/s1. The number of hydrogen-bond donors (Lipinski definition) is 0. The third-order valence-electron chi connectivity index (χ3n) is 6.94. The van der Waals surface area contributed by atoms with E-state index in [1.807, 2.05) is 19.9 Å². The van der Waals surface area contributed by atoms with Gasteiger partial charge in [0.2, 0.25) is 15.9 Å². The van der Waals surface area contributed by atoms with Gasteiger partial charge < -0.3 is 9.42 Å². The number of hydrogen-bond acceptors (Lipinski definition) is 7. The lowest BCUT2D eigenvalue weighted by Gasteiger charge is -2.20. The molecule has 0 unspecified atom stereocenters.